The molecule has 5 heterocycles. The van der Waals surface area contributed by atoms with Gasteiger partial charge in [0.25, 0.3) is 0 Å². The molecule has 8 heteroatoms. The van der Waals surface area contributed by atoms with Crippen LogP contribution in [0.5, 0.6) is 0 Å². The zero-order valence-corrected chi connectivity index (χ0v) is 18.0. The number of fused-ring (bicyclic) bond motifs is 1. The number of rotatable bonds is 4. The topological polar surface area (TPSA) is 119 Å². The molecule has 8 nitrogen and oxygen atoms in total. The molecular formula is C25H23N7O. The maximum Gasteiger partial charge on any atom is 0.189 e. The van der Waals surface area contributed by atoms with Gasteiger partial charge in [0.2, 0.25) is 0 Å². The molecule has 0 aliphatic carbocycles. The fourth-order valence-corrected chi connectivity index (χ4v) is 4.40. The molecule has 0 bridgehead atoms. The van der Waals surface area contributed by atoms with E-state index >= 15 is 0 Å². The van der Waals surface area contributed by atoms with Crippen molar-refractivity contribution in [3.8, 4) is 34.0 Å². The van der Waals surface area contributed by atoms with Crippen LogP contribution in [0.1, 0.15) is 24.5 Å². The van der Waals surface area contributed by atoms with Gasteiger partial charge in [0.1, 0.15) is 5.69 Å². The first-order valence-electron chi connectivity index (χ1n) is 11.1. The number of aromatic amines is 1. The molecule has 0 spiro atoms. The van der Waals surface area contributed by atoms with Crippen LogP contribution in [0.3, 0.4) is 0 Å². The van der Waals surface area contributed by atoms with Crippen molar-refractivity contribution in [2.45, 2.75) is 18.8 Å². The molecule has 1 saturated heterocycles. The van der Waals surface area contributed by atoms with Crippen LogP contribution < -0.4 is 11.1 Å². The van der Waals surface area contributed by atoms with Crippen molar-refractivity contribution < 1.29 is 4.52 Å². The Morgan fingerprint density at radius 1 is 0.939 bits per heavy atom. The second-order valence-electron chi connectivity index (χ2n) is 8.34. The van der Waals surface area contributed by atoms with E-state index in [9.17, 15) is 0 Å². The predicted molar refractivity (Wildman–Crippen MR) is 127 cm³/mol. The van der Waals surface area contributed by atoms with Crippen molar-refractivity contribution >= 4 is 16.7 Å². The van der Waals surface area contributed by atoms with E-state index in [1.807, 2.05) is 42.7 Å². The molecule has 0 radical (unpaired) electrons. The Bertz CT molecular complexity index is 1430. The SMILES string of the molecule is Nc1ncc(-c2ccnc(C3CCNCC3)c2)nc1-c1cc(-c2ccc3[nH]ccc3c2)no1. The summed E-state index contributed by atoms with van der Waals surface area (Å²) < 4.78 is 5.63. The van der Waals surface area contributed by atoms with Crippen LogP contribution in [0.2, 0.25) is 0 Å². The van der Waals surface area contributed by atoms with Crippen LogP contribution >= 0.6 is 0 Å². The van der Waals surface area contributed by atoms with Gasteiger partial charge in [-0.15, -0.1) is 0 Å². The zero-order valence-electron chi connectivity index (χ0n) is 18.0. The van der Waals surface area contributed by atoms with Crippen molar-refractivity contribution in [1.29, 1.82) is 0 Å². The molecule has 164 valence electrons. The normalized spacial score (nSPS) is 14.7. The van der Waals surface area contributed by atoms with Crippen molar-refractivity contribution in [3.63, 3.8) is 0 Å². The van der Waals surface area contributed by atoms with Gasteiger partial charge < -0.3 is 20.6 Å². The first-order valence-corrected chi connectivity index (χ1v) is 11.1. The van der Waals surface area contributed by atoms with Crippen LogP contribution in [0.4, 0.5) is 5.82 Å². The van der Waals surface area contributed by atoms with E-state index in [1.54, 1.807) is 6.20 Å². The molecule has 0 atom stereocenters. The number of nitrogens with one attached hydrogen (secondary N) is 2. The Hall–Kier alpha value is -4.04. The maximum absolute atomic E-state index is 6.17. The largest absolute Gasteiger partial charge is 0.382 e. The van der Waals surface area contributed by atoms with Crippen LogP contribution in [-0.2, 0) is 0 Å². The number of pyridine rings is 1. The van der Waals surface area contributed by atoms with E-state index in [4.69, 9.17) is 15.2 Å². The number of hydrogen-bond donors (Lipinski definition) is 3. The number of piperidine rings is 1. The summed E-state index contributed by atoms with van der Waals surface area (Å²) in [5.41, 5.74) is 12.2. The number of benzene rings is 1. The summed E-state index contributed by atoms with van der Waals surface area (Å²) in [6, 6.07) is 14.0. The summed E-state index contributed by atoms with van der Waals surface area (Å²) in [7, 11) is 0. The van der Waals surface area contributed by atoms with E-state index in [0.29, 0.717) is 23.2 Å². The molecule has 4 aromatic heterocycles. The van der Waals surface area contributed by atoms with Crippen molar-refractivity contribution in [1.82, 2.24) is 30.4 Å². The third-order valence-electron chi connectivity index (χ3n) is 6.23. The summed E-state index contributed by atoms with van der Waals surface area (Å²) >= 11 is 0. The van der Waals surface area contributed by atoms with E-state index in [2.05, 4.69) is 37.6 Å². The average Bonchev–Trinajstić information content (AvgIpc) is 3.54. The highest BCUT2D eigenvalue weighted by Gasteiger charge is 2.19. The summed E-state index contributed by atoms with van der Waals surface area (Å²) in [5.74, 6) is 1.25. The minimum Gasteiger partial charge on any atom is -0.382 e. The third-order valence-corrected chi connectivity index (χ3v) is 6.23. The minimum atomic E-state index is 0.301. The van der Waals surface area contributed by atoms with E-state index in [-0.39, 0.29) is 0 Å². The monoisotopic (exact) mass is 437 g/mol. The molecular weight excluding hydrogens is 414 g/mol. The number of aromatic nitrogens is 5. The molecule has 1 aliphatic rings. The summed E-state index contributed by atoms with van der Waals surface area (Å²) in [6.07, 6.45) is 7.63. The predicted octanol–water partition coefficient (Wildman–Crippen LogP) is 4.39. The molecule has 6 rings (SSSR count). The van der Waals surface area contributed by atoms with Gasteiger partial charge in [-0.25, -0.2) is 9.97 Å². The Kier molecular flexibility index (Phi) is 4.84. The lowest BCUT2D eigenvalue weighted by Crippen LogP contribution is -2.27. The molecule has 4 N–H and O–H groups in total. The van der Waals surface area contributed by atoms with E-state index < -0.39 is 0 Å². The average molecular weight is 438 g/mol. The Morgan fingerprint density at radius 2 is 1.82 bits per heavy atom. The van der Waals surface area contributed by atoms with Crippen molar-refractivity contribution in [2.75, 3.05) is 18.8 Å². The van der Waals surface area contributed by atoms with Gasteiger partial charge in [0, 0.05) is 52.1 Å². The van der Waals surface area contributed by atoms with Gasteiger partial charge in [-0.3, -0.25) is 4.98 Å². The lowest BCUT2D eigenvalue weighted by Gasteiger charge is -2.22. The molecule has 1 fully saturated rings. The van der Waals surface area contributed by atoms with Crippen LogP contribution in [0.15, 0.2) is 65.6 Å². The number of anilines is 1. The number of nitrogen functional groups attached to an aromatic ring is 1. The molecule has 33 heavy (non-hydrogen) atoms. The second kappa shape index (κ2) is 8.14. The van der Waals surface area contributed by atoms with Gasteiger partial charge in [0.05, 0.1) is 11.9 Å². The zero-order chi connectivity index (χ0) is 22.2. The molecule has 1 aromatic carbocycles. The number of hydrogen-bond acceptors (Lipinski definition) is 7. The second-order valence-corrected chi connectivity index (χ2v) is 8.34. The highest BCUT2D eigenvalue weighted by atomic mass is 16.5. The van der Waals surface area contributed by atoms with Gasteiger partial charge in [0.15, 0.2) is 17.3 Å². The first kappa shape index (κ1) is 19.6. The number of H-pyrrole nitrogens is 1. The standard InChI is InChI=1S/C25H23N7O/c26-25-24(23-13-21(32-33-23)16-1-2-19-17(11-16)5-9-28-19)31-22(14-30-25)18-6-10-29-20(12-18)15-3-7-27-8-4-15/h1-2,5-6,9-15,27-28H,3-4,7-8H2,(H2,26,30). The lowest BCUT2D eigenvalue weighted by atomic mass is 9.93. The van der Waals surface area contributed by atoms with Gasteiger partial charge in [-0.05, 0) is 56.3 Å². The lowest BCUT2D eigenvalue weighted by molar-refractivity contribution is 0.434. The van der Waals surface area contributed by atoms with Crippen LogP contribution in [-0.4, -0.2) is 38.2 Å². The molecule has 0 amide bonds. The van der Waals surface area contributed by atoms with Gasteiger partial charge >= 0.3 is 0 Å². The fourth-order valence-electron chi connectivity index (χ4n) is 4.40. The Morgan fingerprint density at radius 3 is 2.73 bits per heavy atom. The highest BCUT2D eigenvalue weighted by Crippen LogP contribution is 2.32. The maximum atomic E-state index is 6.17. The third kappa shape index (κ3) is 3.74. The van der Waals surface area contributed by atoms with Crippen LogP contribution in [0, 0.1) is 0 Å². The minimum absolute atomic E-state index is 0.301. The Labute approximate surface area is 190 Å². The molecule has 1 aliphatic heterocycles. The molecule has 5 aromatic rings. The molecule has 0 saturated carbocycles. The van der Waals surface area contributed by atoms with E-state index in [0.717, 1.165) is 65.0 Å². The Balaban J connectivity index is 1.33. The van der Waals surface area contributed by atoms with E-state index in [1.165, 1.54) is 0 Å². The fraction of sp³-hybridized carbons (Fsp3) is 0.200. The van der Waals surface area contributed by atoms with Crippen molar-refractivity contribution in [3.05, 3.63) is 66.7 Å². The van der Waals surface area contributed by atoms with Crippen molar-refractivity contribution in [2.24, 2.45) is 0 Å². The summed E-state index contributed by atoms with van der Waals surface area (Å²) in [5, 5.41) is 8.76. The van der Waals surface area contributed by atoms with Gasteiger partial charge in [-0.1, -0.05) is 11.2 Å². The first-order chi connectivity index (χ1) is 16.2. The summed E-state index contributed by atoms with van der Waals surface area (Å²) in [4.78, 5) is 17.0. The quantitative estimate of drug-likeness (QED) is 0.381. The number of nitrogens with two attached hydrogens (primary N) is 1. The molecule has 0 unspecified atom stereocenters. The summed E-state index contributed by atoms with van der Waals surface area (Å²) in [6.45, 7) is 2.04. The smallest absolute Gasteiger partial charge is 0.189 e. The van der Waals surface area contributed by atoms with Gasteiger partial charge in [-0.2, -0.15) is 0 Å². The highest BCUT2D eigenvalue weighted by molar-refractivity contribution is 5.85. The number of nitrogens with zero attached hydrogens (tertiary/aromatic N) is 4. The van der Waals surface area contributed by atoms with Crippen LogP contribution in [0.25, 0.3) is 44.9 Å².